The third-order valence-electron chi connectivity index (χ3n) is 8.41. The highest BCUT2D eigenvalue weighted by Crippen LogP contribution is 2.43. The van der Waals surface area contributed by atoms with Crippen LogP contribution in [0.5, 0.6) is 0 Å². The van der Waals surface area contributed by atoms with Crippen LogP contribution >= 0.6 is 11.3 Å². The van der Waals surface area contributed by atoms with E-state index in [1.54, 1.807) is 17.7 Å². The summed E-state index contributed by atoms with van der Waals surface area (Å²) in [6, 6.07) is 4.34. The number of hydrogen-bond donors (Lipinski definition) is 1. The number of fused-ring (bicyclic) bond motifs is 2. The van der Waals surface area contributed by atoms with E-state index in [1.165, 1.54) is 10.3 Å². The first-order valence-corrected chi connectivity index (χ1v) is 15.2. The molecule has 2 aliphatic heterocycles. The molecule has 7 rings (SSSR count). The molecule has 0 radical (unpaired) electrons. The lowest BCUT2D eigenvalue weighted by molar-refractivity contribution is -0.131. The minimum absolute atomic E-state index is 0.268. The van der Waals surface area contributed by atoms with Crippen LogP contribution in [0.3, 0.4) is 0 Å². The number of amides is 1. The Kier molecular flexibility index (Phi) is 6.47. The van der Waals surface area contributed by atoms with Crippen LogP contribution in [0, 0.1) is 6.92 Å². The Morgan fingerprint density at radius 3 is 2.88 bits per heavy atom. The first-order valence-electron chi connectivity index (χ1n) is 14.4. The zero-order valence-corrected chi connectivity index (χ0v) is 24.1. The number of carbonyl (C=O) groups excluding carboxylic acids is 1. The summed E-state index contributed by atoms with van der Waals surface area (Å²) in [6.07, 6.45) is 9.87. The number of aryl methyl sites for hydroxylation is 1. The Labute approximate surface area is 237 Å². The Balaban J connectivity index is 1.13. The lowest BCUT2D eigenvalue weighted by Gasteiger charge is -2.32. The van der Waals surface area contributed by atoms with Gasteiger partial charge in [-0.2, -0.15) is 5.10 Å². The second-order valence-electron chi connectivity index (χ2n) is 11.6. The van der Waals surface area contributed by atoms with Gasteiger partial charge in [-0.25, -0.2) is 14.5 Å². The number of nitrogens with one attached hydrogen (secondary N) is 1. The number of thiophene rings is 1. The van der Waals surface area contributed by atoms with E-state index in [2.05, 4.69) is 52.9 Å². The van der Waals surface area contributed by atoms with E-state index >= 15 is 0 Å². The predicted octanol–water partition coefficient (Wildman–Crippen LogP) is 5.83. The Morgan fingerprint density at radius 1 is 1.20 bits per heavy atom. The molecule has 10 heteroatoms. The SMILES string of the molecule is Cc1cc(-c2[nH]c3cc(-c4nc(C5CCCN(CC(=O)N6CCCC6)C5)co4)sc3c2C(C)C)cn2ncnc12. The van der Waals surface area contributed by atoms with Gasteiger partial charge in [0.25, 0.3) is 0 Å². The van der Waals surface area contributed by atoms with Gasteiger partial charge >= 0.3 is 0 Å². The summed E-state index contributed by atoms with van der Waals surface area (Å²) in [5.41, 5.74) is 7.59. The molecule has 40 heavy (non-hydrogen) atoms. The van der Waals surface area contributed by atoms with Gasteiger partial charge in [0.1, 0.15) is 12.6 Å². The van der Waals surface area contributed by atoms with Crippen molar-refractivity contribution in [1.82, 2.24) is 34.4 Å². The molecule has 2 aliphatic rings. The Hall–Kier alpha value is -3.50. The Bertz CT molecular complexity index is 1690. The zero-order valence-electron chi connectivity index (χ0n) is 23.3. The summed E-state index contributed by atoms with van der Waals surface area (Å²) in [5, 5.41) is 4.36. The standard InChI is InChI=1S/C30H35N7O2S/c1-18(2)26-27(21-11-19(3)29-31-17-32-37(29)14-21)33-22-12-24(40-28(22)26)30-34-23(16-39-30)20-7-6-8-35(13-20)15-25(38)36-9-4-5-10-36/h11-12,14,16-18,20,33H,4-10,13,15H2,1-3H3. The third-order valence-corrected chi connectivity index (χ3v) is 9.56. The van der Waals surface area contributed by atoms with Gasteiger partial charge in [0.15, 0.2) is 5.65 Å². The molecule has 5 aromatic heterocycles. The highest BCUT2D eigenvalue weighted by molar-refractivity contribution is 7.22. The molecule has 208 valence electrons. The smallest absolute Gasteiger partial charge is 0.236 e. The number of pyridine rings is 1. The van der Waals surface area contributed by atoms with Crippen LogP contribution in [-0.4, -0.2) is 73.0 Å². The molecular formula is C30H35N7O2S. The number of piperidine rings is 1. The molecular weight excluding hydrogens is 522 g/mol. The monoisotopic (exact) mass is 557 g/mol. The first kappa shape index (κ1) is 25.5. The van der Waals surface area contributed by atoms with Gasteiger partial charge in [0, 0.05) is 37.3 Å². The lowest BCUT2D eigenvalue weighted by atomic mass is 9.95. The summed E-state index contributed by atoms with van der Waals surface area (Å²) < 4.78 is 9.13. The van der Waals surface area contributed by atoms with Gasteiger partial charge in [0.05, 0.1) is 33.0 Å². The van der Waals surface area contributed by atoms with Crippen LogP contribution in [-0.2, 0) is 4.79 Å². The average Bonchev–Trinajstić information content (AvgIpc) is 3.75. The summed E-state index contributed by atoms with van der Waals surface area (Å²) in [4.78, 5) is 31.0. The van der Waals surface area contributed by atoms with Gasteiger partial charge in [0.2, 0.25) is 11.8 Å². The largest absolute Gasteiger partial charge is 0.444 e. The molecule has 0 saturated carbocycles. The van der Waals surface area contributed by atoms with Crippen molar-refractivity contribution in [2.24, 2.45) is 0 Å². The van der Waals surface area contributed by atoms with E-state index in [0.717, 1.165) is 90.4 Å². The Morgan fingerprint density at radius 2 is 2.05 bits per heavy atom. The molecule has 1 unspecified atom stereocenters. The van der Waals surface area contributed by atoms with E-state index in [4.69, 9.17) is 9.40 Å². The van der Waals surface area contributed by atoms with Crippen molar-refractivity contribution in [2.45, 2.75) is 58.3 Å². The normalized spacial score (nSPS) is 18.6. The van der Waals surface area contributed by atoms with Crippen LogP contribution in [0.2, 0.25) is 0 Å². The predicted molar refractivity (Wildman–Crippen MR) is 157 cm³/mol. The third kappa shape index (κ3) is 4.53. The summed E-state index contributed by atoms with van der Waals surface area (Å²) in [6.45, 7) is 10.7. The molecule has 2 saturated heterocycles. The molecule has 7 heterocycles. The number of aromatic amines is 1. The molecule has 1 amide bonds. The molecule has 1 atom stereocenters. The minimum atomic E-state index is 0.268. The van der Waals surface area contributed by atoms with E-state index in [1.807, 2.05) is 21.9 Å². The second kappa shape index (κ2) is 10.2. The van der Waals surface area contributed by atoms with Gasteiger partial charge in [-0.1, -0.05) is 13.8 Å². The quantitative estimate of drug-likeness (QED) is 0.282. The maximum atomic E-state index is 12.7. The van der Waals surface area contributed by atoms with Gasteiger partial charge in [-0.3, -0.25) is 9.69 Å². The summed E-state index contributed by atoms with van der Waals surface area (Å²) in [5.74, 6) is 1.56. The van der Waals surface area contributed by atoms with E-state index in [0.29, 0.717) is 18.4 Å². The van der Waals surface area contributed by atoms with Gasteiger partial charge < -0.3 is 14.3 Å². The number of nitrogens with zero attached hydrogens (tertiary/aromatic N) is 6. The number of hydrogen-bond acceptors (Lipinski definition) is 7. The van der Waals surface area contributed by atoms with E-state index in [-0.39, 0.29) is 11.8 Å². The van der Waals surface area contributed by atoms with Crippen LogP contribution in [0.4, 0.5) is 0 Å². The molecule has 2 fully saturated rings. The molecule has 0 bridgehead atoms. The van der Waals surface area contributed by atoms with Crippen molar-refractivity contribution in [1.29, 1.82) is 0 Å². The molecule has 5 aromatic rings. The van der Waals surface area contributed by atoms with Crippen molar-refractivity contribution >= 4 is 33.1 Å². The topological polar surface area (TPSA) is 95.6 Å². The van der Waals surface area contributed by atoms with Crippen LogP contribution in [0.15, 0.2) is 35.3 Å². The minimum Gasteiger partial charge on any atom is -0.444 e. The molecule has 1 N–H and O–H groups in total. The van der Waals surface area contributed by atoms with Crippen molar-refractivity contribution in [3.63, 3.8) is 0 Å². The molecule has 9 nitrogen and oxygen atoms in total. The van der Waals surface area contributed by atoms with Crippen LogP contribution in [0.1, 0.15) is 68.2 Å². The maximum Gasteiger partial charge on any atom is 0.236 e. The number of H-pyrrole nitrogens is 1. The number of likely N-dealkylation sites (tertiary alicyclic amines) is 2. The van der Waals surface area contributed by atoms with E-state index < -0.39 is 0 Å². The fourth-order valence-corrected chi connectivity index (χ4v) is 7.64. The fraction of sp³-hybridized carbons (Fsp3) is 0.467. The lowest BCUT2D eigenvalue weighted by Crippen LogP contribution is -2.43. The average molecular weight is 558 g/mol. The number of oxazole rings is 1. The van der Waals surface area contributed by atoms with Crippen molar-refractivity contribution < 1.29 is 9.21 Å². The highest BCUT2D eigenvalue weighted by Gasteiger charge is 2.28. The maximum absolute atomic E-state index is 12.7. The molecule has 0 aromatic carbocycles. The van der Waals surface area contributed by atoms with Crippen LogP contribution < -0.4 is 0 Å². The summed E-state index contributed by atoms with van der Waals surface area (Å²) in [7, 11) is 0. The highest BCUT2D eigenvalue weighted by atomic mass is 32.1. The summed E-state index contributed by atoms with van der Waals surface area (Å²) >= 11 is 1.73. The number of rotatable bonds is 6. The van der Waals surface area contributed by atoms with Gasteiger partial charge in [-0.05, 0) is 68.3 Å². The number of aromatic nitrogens is 5. The number of carbonyl (C=O) groups is 1. The molecule has 0 spiro atoms. The van der Waals surface area contributed by atoms with Gasteiger partial charge in [-0.15, -0.1) is 11.3 Å². The van der Waals surface area contributed by atoms with E-state index in [9.17, 15) is 4.79 Å². The van der Waals surface area contributed by atoms with Crippen molar-refractivity contribution in [2.75, 3.05) is 32.7 Å². The van der Waals surface area contributed by atoms with Crippen LogP contribution in [0.25, 0.3) is 37.9 Å². The first-order chi connectivity index (χ1) is 19.4. The fourth-order valence-electron chi connectivity index (χ4n) is 6.40. The zero-order chi connectivity index (χ0) is 27.4. The second-order valence-corrected chi connectivity index (χ2v) is 12.7. The van der Waals surface area contributed by atoms with Crippen molar-refractivity contribution in [3.05, 3.63) is 47.7 Å². The molecule has 0 aliphatic carbocycles. The van der Waals surface area contributed by atoms with Crippen molar-refractivity contribution in [3.8, 4) is 22.0 Å².